The summed E-state index contributed by atoms with van der Waals surface area (Å²) in [6.07, 6.45) is 5.35. The Hall–Kier alpha value is -2.71. The molecule has 86 valence electrons. The standard InChI is InChI=1S/C16H12N2/c1-2-13-4-3-5-16(10-13)18-12-15-8-6-14(11-17)7-9-15/h1,3-10,18H,12H2. The van der Waals surface area contributed by atoms with Gasteiger partial charge in [0.1, 0.15) is 0 Å². The molecule has 0 aliphatic heterocycles. The number of rotatable bonds is 3. The van der Waals surface area contributed by atoms with Crippen molar-refractivity contribution < 1.29 is 0 Å². The number of hydrogen-bond donors (Lipinski definition) is 1. The van der Waals surface area contributed by atoms with Crippen molar-refractivity contribution in [3.05, 3.63) is 65.2 Å². The van der Waals surface area contributed by atoms with E-state index in [2.05, 4.69) is 17.3 Å². The Morgan fingerprint density at radius 2 is 1.83 bits per heavy atom. The van der Waals surface area contributed by atoms with Crippen molar-refractivity contribution in [3.63, 3.8) is 0 Å². The molecule has 0 spiro atoms. The number of benzene rings is 2. The van der Waals surface area contributed by atoms with Crippen LogP contribution in [0.1, 0.15) is 16.7 Å². The number of nitrogens with one attached hydrogen (secondary N) is 1. The smallest absolute Gasteiger partial charge is 0.0991 e. The van der Waals surface area contributed by atoms with Crippen molar-refractivity contribution in [1.29, 1.82) is 5.26 Å². The Bertz CT molecular complexity index is 613. The topological polar surface area (TPSA) is 35.8 Å². The van der Waals surface area contributed by atoms with Crippen LogP contribution in [-0.2, 0) is 6.54 Å². The molecule has 0 atom stereocenters. The van der Waals surface area contributed by atoms with Gasteiger partial charge >= 0.3 is 0 Å². The highest BCUT2D eigenvalue weighted by Gasteiger charge is 1.96. The molecule has 2 heteroatoms. The van der Waals surface area contributed by atoms with Gasteiger partial charge in [-0.3, -0.25) is 0 Å². The Kier molecular flexibility index (Phi) is 3.64. The van der Waals surface area contributed by atoms with E-state index in [4.69, 9.17) is 11.7 Å². The summed E-state index contributed by atoms with van der Waals surface area (Å²) in [4.78, 5) is 0. The lowest BCUT2D eigenvalue weighted by Gasteiger charge is -2.07. The highest BCUT2D eigenvalue weighted by atomic mass is 14.9. The molecule has 2 aromatic rings. The molecule has 0 heterocycles. The van der Waals surface area contributed by atoms with E-state index in [1.165, 1.54) is 0 Å². The van der Waals surface area contributed by atoms with Crippen LogP contribution in [0.15, 0.2) is 48.5 Å². The van der Waals surface area contributed by atoms with Gasteiger partial charge in [0.05, 0.1) is 11.6 Å². The van der Waals surface area contributed by atoms with Gasteiger partial charge in [-0.1, -0.05) is 24.1 Å². The summed E-state index contributed by atoms with van der Waals surface area (Å²) in [6.45, 7) is 0.708. The van der Waals surface area contributed by atoms with E-state index in [1.807, 2.05) is 48.5 Å². The third kappa shape index (κ3) is 2.90. The Balaban J connectivity index is 2.02. The number of nitrogens with zero attached hydrogens (tertiary/aromatic N) is 1. The molecule has 0 radical (unpaired) electrons. The van der Waals surface area contributed by atoms with Crippen LogP contribution in [0.3, 0.4) is 0 Å². The average Bonchev–Trinajstić information content (AvgIpc) is 2.46. The molecule has 18 heavy (non-hydrogen) atoms. The highest BCUT2D eigenvalue weighted by Crippen LogP contribution is 2.12. The maximum absolute atomic E-state index is 8.71. The van der Waals surface area contributed by atoms with Crippen LogP contribution in [0.4, 0.5) is 5.69 Å². The molecule has 0 aliphatic carbocycles. The summed E-state index contributed by atoms with van der Waals surface area (Å²) in [5.41, 5.74) is 3.66. The second-order valence-corrected chi connectivity index (χ2v) is 3.89. The molecule has 0 fully saturated rings. The number of terminal acetylenes is 1. The fourth-order valence-electron chi connectivity index (χ4n) is 1.62. The fourth-order valence-corrected chi connectivity index (χ4v) is 1.62. The maximum Gasteiger partial charge on any atom is 0.0991 e. The highest BCUT2D eigenvalue weighted by molar-refractivity contribution is 5.50. The summed E-state index contributed by atoms with van der Waals surface area (Å²) < 4.78 is 0. The predicted molar refractivity (Wildman–Crippen MR) is 72.9 cm³/mol. The summed E-state index contributed by atoms with van der Waals surface area (Å²) in [5.74, 6) is 2.60. The van der Waals surface area contributed by atoms with Crippen molar-refractivity contribution in [2.45, 2.75) is 6.54 Å². The summed E-state index contributed by atoms with van der Waals surface area (Å²) in [6, 6.07) is 17.3. The van der Waals surface area contributed by atoms with E-state index in [0.29, 0.717) is 12.1 Å². The zero-order valence-electron chi connectivity index (χ0n) is 9.85. The van der Waals surface area contributed by atoms with Gasteiger partial charge in [-0.2, -0.15) is 5.26 Å². The normalized spacial score (nSPS) is 9.22. The van der Waals surface area contributed by atoms with Crippen LogP contribution in [0.2, 0.25) is 0 Å². The van der Waals surface area contributed by atoms with Gasteiger partial charge in [-0.05, 0) is 35.9 Å². The molecule has 0 aliphatic rings. The van der Waals surface area contributed by atoms with Crippen molar-refractivity contribution in [2.75, 3.05) is 5.32 Å². The van der Waals surface area contributed by atoms with Gasteiger partial charge in [0, 0.05) is 17.8 Å². The molecule has 0 amide bonds. The molecule has 0 saturated carbocycles. The van der Waals surface area contributed by atoms with Crippen molar-refractivity contribution in [3.8, 4) is 18.4 Å². The lowest BCUT2D eigenvalue weighted by atomic mass is 10.1. The van der Waals surface area contributed by atoms with E-state index < -0.39 is 0 Å². The van der Waals surface area contributed by atoms with Crippen LogP contribution < -0.4 is 5.32 Å². The van der Waals surface area contributed by atoms with Gasteiger partial charge in [-0.25, -0.2) is 0 Å². The van der Waals surface area contributed by atoms with Gasteiger partial charge in [0.2, 0.25) is 0 Å². The van der Waals surface area contributed by atoms with Gasteiger partial charge in [0.25, 0.3) is 0 Å². The minimum atomic E-state index is 0.674. The number of anilines is 1. The SMILES string of the molecule is C#Cc1cccc(NCc2ccc(C#N)cc2)c1. The van der Waals surface area contributed by atoms with Crippen LogP contribution >= 0.6 is 0 Å². The molecule has 1 N–H and O–H groups in total. The fraction of sp³-hybridized carbons (Fsp3) is 0.0625. The van der Waals surface area contributed by atoms with E-state index in [1.54, 1.807) is 0 Å². The molecule has 2 aromatic carbocycles. The first-order chi connectivity index (χ1) is 8.81. The minimum Gasteiger partial charge on any atom is -0.381 e. The molecule has 2 rings (SSSR count). The van der Waals surface area contributed by atoms with E-state index >= 15 is 0 Å². The zero-order chi connectivity index (χ0) is 12.8. The number of nitriles is 1. The quantitative estimate of drug-likeness (QED) is 0.825. The van der Waals surface area contributed by atoms with Crippen molar-refractivity contribution in [2.24, 2.45) is 0 Å². The van der Waals surface area contributed by atoms with E-state index in [-0.39, 0.29) is 0 Å². The average molecular weight is 232 g/mol. The first-order valence-electron chi connectivity index (χ1n) is 5.61. The summed E-state index contributed by atoms with van der Waals surface area (Å²) >= 11 is 0. The van der Waals surface area contributed by atoms with E-state index in [9.17, 15) is 0 Å². The first-order valence-corrected chi connectivity index (χ1v) is 5.61. The molecule has 0 saturated heterocycles. The minimum absolute atomic E-state index is 0.674. The lowest BCUT2D eigenvalue weighted by molar-refractivity contribution is 1.15. The molecule has 0 aromatic heterocycles. The molecule has 2 nitrogen and oxygen atoms in total. The van der Waals surface area contributed by atoms with Gasteiger partial charge in [-0.15, -0.1) is 6.42 Å². The second kappa shape index (κ2) is 5.57. The third-order valence-corrected chi connectivity index (χ3v) is 2.61. The zero-order valence-corrected chi connectivity index (χ0v) is 9.85. The monoisotopic (exact) mass is 232 g/mol. The summed E-state index contributed by atoms with van der Waals surface area (Å²) in [7, 11) is 0. The van der Waals surface area contributed by atoms with Crippen LogP contribution in [0, 0.1) is 23.7 Å². The Morgan fingerprint density at radius 3 is 2.50 bits per heavy atom. The molecular formula is C16H12N2. The van der Waals surface area contributed by atoms with Crippen LogP contribution in [0.25, 0.3) is 0 Å². The first kappa shape index (κ1) is 11.8. The Morgan fingerprint density at radius 1 is 1.06 bits per heavy atom. The molecule has 0 bridgehead atoms. The van der Waals surface area contributed by atoms with Gasteiger partial charge < -0.3 is 5.32 Å². The van der Waals surface area contributed by atoms with Crippen LogP contribution in [-0.4, -0.2) is 0 Å². The van der Waals surface area contributed by atoms with Crippen molar-refractivity contribution in [1.82, 2.24) is 0 Å². The maximum atomic E-state index is 8.71. The van der Waals surface area contributed by atoms with Crippen LogP contribution in [0.5, 0.6) is 0 Å². The lowest BCUT2D eigenvalue weighted by Crippen LogP contribution is -1.99. The summed E-state index contributed by atoms with van der Waals surface area (Å²) in [5, 5.41) is 12.0. The third-order valence-electron chi connectivity index (χ3n) is 2.61. The van der Waals surface area contributed by atoms with E-state index in [0.717, 1.165) is 16.8 Å². The van der Waals surface area contributed by atoms with Crippen molar-refractivity contribution >= 4 is 5.69 Å². The van der Waals surface area contributed by atoms with Gasteiger partial charge in [0.15, 0.2) is 0 Å². The Labute approximate surface area is 107 Å². The molecular weight excluding hydrogens is 220 g/mol. The predicted octanol–water partition coefficient (Wildman–Crippen LogP) is 3.15. The largest absolute Gasteiger partial charge is 0.381 e. The second-order valence-electron chi connectivity index (χ2n) is 3.89. The number of hydrogen-bond acceptors (Lipinski definition) is 2. The molecule has 0 unspecified atom stereocenters.